The maximum Gasteiger partial charge on any atom is 0.337 e. The quantitative estimate of drug-likeness (QED) is 0.552. The summed E-state index contributed by atoms with van der Waals surface area (Å²) in [6, 6.07) is 12.8. The number of anilines is 1. The lowest BCUT2D eigenvalue weighted by atomic mass is 10.2. The molecule has 1 amide bonds. The number of carbonyl (C=O) groups is 2. The van der Waals surface area contributed by atoms with E-state index in [4.69, 9.17) is 10.5 Å². The van der Waals surface area contributed by atoms with Crippen molar-refractivity contribution >= 4 is 30.2 Å². The third-order valence-electron chi connectivity index (χ3n) is 3.15. The van der Waals surface area contributed by atoms with Crippen LogP contribution in [0.2, 0.25) is 0 Å². The van der Waals surface area contributed by atoms with Crippen molar-refractivity contribution in [2.75, 3.05) is 18.2 Å². The highest BCUT2D eigenvalue weighted by Crippen LogP contribution is 2.24. The molecular weight excluding hydrogens is 328 g/mol. The van der Waals surface area contributed by atoms with Gasteiger partial charge in [0.1, 0.15) is 11.5 Å². The summed E-state index contributed by atoms with van der Waals surface area (Å²) < 4.78 is 10.3. The summed E-state index contributed by atoms with van der Waals surface area (Å²) in [5.74, 6) is 0.627. The molecule has 2 aromatic rings. The van der Waals surface area contributed by atoms with Crippen molar-refractivity contribution in [3.8, 4) is 11.5 Å². The first-order valence-electron chi connectivity index (χ1n) is 7.17. The Hall–Kier alpha value is -2.51. The molecule has 0 saturated carbocycles. The zero-order valence-electron chi connectivity index (χ0n) is 13.1. The number of ether oxygens (including phenoxy) is 2. The largest absolute Gasteiger partial charge is 0.465 e. The lowest BCUT2D eigenvalue weighted by molar-refractivity contribution is -0.116. The zero-order chi connectivity index (χ0) is 17.5. The van der Waals surface area contributed by atoms with E-state index in [1.54, 1.807) is 48.5 Å². The summed E-state index contributed by atoms with van der Waals surface area (Å²) in [6.45, 7) is 0. The molecule has 0 aliphatic carbocycles. The van der Waals surface area contributed by atoms with E-state index in [0.717, 1.165) is 0 Å². The molecule has 0 unspecified atom stereocenters. The van der Waals surface area contributed by atoms with Gasteiger partial charge in [0, 0.05) is 17.5 Å². The van der Waals surface area contributed by atoms with Gasteiger partial charge in [-0.15, -0.1) is 0 Å². The molecule has 2 aromatic carbocycles. The van der Waals surface area contributed by atoms with Gasteiger partial charge in [0.2, 0.25) is 5.91 Å². The van der Waals surface area contributed by atoms with E-state index >= 15 is 0 Å². The van der Waals surface area contributed by atoms with E-state index in [9.17, 15) is 9.59 Å². The first-order chi connectivity index (χ1) is 11.5. The van der Waals surface area contributed by atoms with Gasteiger partial charge in [0.15, 0.2) is 0 Å². The number of rotatable bonds is 6. The second kappa shape index (κ2) is 8.37. The van der Waals surface area contributed by atoms with Crippen molar-refractivity contribution in [1.82, 2.24) is 0 Å². The first-order valence-corrected chi connectivity index (χ1v) is 7.80. The summed E-state index contributed by atoms with van der Waals surface area (Å²) >= 11 is 3.99. The smallest absolute Gasteiger partial charge is 0.337 e. The number of methoxy groups -OCH3 is 1. The highest BCUT2D eigenvalue weighted by molar-refractivity contribution is 7.80. The molecule has 0 aromatic heterocycles. The second-order valence-corrected chi connectivity index (χ2v) is 5.29. The molecule has 2 rings (SSSR count). The zero-order valence-corrected chi connectivity index (χ0v) is 14.0. The van der Waals surface area contributed by atoms with Crippen LogP contribution in [0.4, 0.5) is 5.69 Å². The van der Waals surface area contributed by atoms with Gasteiger partial charge in [-0.2, -0.15) is 12.6 Å². The molecule has 7 heteroatoms. The van der Waals surface area contributed by atoms with Crippen LogP contribution in [0.3, 0.4) is 0 Å². The van der Waals surface area contributed by atoms with Gasteiger partial charge in [-0.1, -0.05) is 6.07 Å². The molecular formula is C17H18N2O4S. The van der Waals surface area contributed by atoms with E-state index in [2.05, 4.69) is 22.7 Å². The van der Waals surface area contributed by atoms with Crippen molar-refractivity contribution in [2.24, 2.45) is 5.73 Å². The van der Waals surface area contributed by atoms with E-state index in [-0.39, 0.29) is 11.7 Å². The molecule has 0 spiro atoms. The Morgan fingerprint density at radius 3 is 2.50 bits per heavy atom. The van der Waals surface area contributed by atoms with Crippen LogP contribution >= 0.6 is 12.6 Å². The van der Waals surface area contributed by atoms with Gasteiger partial charge in [-0.3, -0.25) is 4.79 Å². The van der Waals surface area contributed by atoms with Gasteiger partial charge in [0.05, 0.1) is 18.7 Å². The molecule has 24 heavy (non-hydrogen) atoms. The third kappa shape index (κ3) is 4.74. The van der Waals surface area contributed by atoms with Crippen molar-refractivity contribution in [3.63, 3.8) is 0 Å². The molecule has 0 fully saturated rings. The second-order valence-electron chi connectivity index (χ2n) is 4.92. The van der Waals surface area contributed by atoms with Crippen molar-refractivity contribution in [1.29, 1.82) is 0 Å². The van der Waals surface area contributed by atoms with E-state index in [0.29, 0.717) is 22.7 Å². The Labute approximate surface area is 145 Å². The van der Waals surface area contributed by atoms with E-state index in [1.807, 2.05) is 0 Å². The highest BCUT2D eigenvalue weighted by Gasteiger charge is 2.12. The number of hydrogen-bond acceptors (Lipinski definition) is 6. The van der Waals surface area contributed by atoms with Crippen LogP contribution in [-0.4, -0.2) is 30.8 Å². The van der Waals surface area contributed by atoms with Crippen LogP contribution in [0.1, 0.15) is 10.4 Å². The monoisotopic (exact) mass is 346 g/mol. The minimum absolute atomic E-state index is 0.258. The van der Waals surface area contributed by atoms with Crippen LogP contribution in [0.25, 0.3) is 0 Å². The molecule has 0 aliphatic rings. The van der Waals surface area contributed by atoms with Crippen LogP contribution in [-0.2, 0) is 9.53 Å². The molecule has 3 N–H and O–H groups in total. The van der Waals surface area contributed by atoms with E-state index < -0.39 is 12.0 Å². The highest BCUT2D eigenvalue weighted by atomic mass is 32.1. The fraction of sp³-hybridized carbons (Fsp3) is 0.176. The summed E-state index contributed by atoms with van der Waals surface area (Å²) in [4.78, 5) is 23.2. The van der Waals surface area contributed by atoms with Crippen LogP contribution in [0, 0.1) is 0 Å². The molecule has 6 nitrogen and oxygen atoms in total. The number of thiol groups is 1. The Morgan fingerprint density at radius 2 is 1.88 bits per heavy atom. The third-order valence-corrected chi connectivity index (χ3v) is 3.54. The molecule has 0 heterocycles. The van der Waals surface area contributed by atoms with Crippen molar-refractivity contribution in [2.45, 2.75) is 6.04 Å². The van der Waals surface area contributed by atoms with Gasteiger partial charge >= 0.3 is 5.97 Å². The predicted octanol–water partition coefficient (Wildman–Crippen LogP) is 2.46. The number of esters is 1. The topological polar surface area (TPSA) is 90.6 Å². The number of benzene rings is 2. The Morgan fingerprint density at radius 1 is 1.17 bits per heavy atom. The standard InChI is InChI=1S/C17H18N2O4S/c1-22-17(21)11-5-7-13(8-6-11)23-14-4-2-3-12(9-14)19-16(20)15(18)10-24/h2-9,15,24H,10,18H2,1H3,(H,19,20)/t15-/m0/s1. The fourth-order valence-corrected chi connectivity index (χ4v) is 2.03. The first kappa shape index (κ1) is 17.8. The predicted molar refractivity (Wildman–Crippen MR) is 94.8 cm³/mol. The summed E-state index contributed by atoms with van der Waals surface area (Å²) in [6.07, 6.45) is 0. The van der Waals surface area contributed by atoms with Gasteiger partial charge in [-0.25, -0.2) is 4.79 Å². The minimum Gasteiger partial charge on any atom is -0.465 e. The fourth-order valence-electron chi connectivity index (χ4n) is 1.87. The SMILES string of the molecule is COC(=O)c1ccc(Oc2cccc(NC(=O)[C@@H](N)CS)c2)cc1. The maximum absolute atomic E-state index is 11.8. The van der Waals surface area contributed by atoms with Crippen molar-refractivity contribution in [3.05, 3.63) is 54.1 Å². The lowest BCUT2D eigenvalue weighted by Crippen LogP contribution is -2.37. The molecule has 0 aliphatic heterocycles. The summed E-state index contributed by atoms with van der Waals surface area (Å²) in [7, 11) is 1.33. The normalized spacial score (nSPS) is 11.5. The van der Waals surface area contributed by atoms with Gasteiger partial charge < -0.3 is 20.5 Å². The van der Waals surface area contributed by atoms with Crippen LogP contribution in [0.15, 0.2) is 48.5 Å². The molecule has 0 saturated heterocycles. The average Bonchev–Trinajstić information content (AvgIpc) is 2.61. The van der Waals surface area contributed by atoms with Crippen molar-refractivity contribution < 1.29 is 19.1 Å². The van der Waals surface area contributed by atoms with Crippen LogP contribution < -0.4 is 15.8 Å². The average molecular weight is 346 g/mol. The molecule has 1 atom stereocenters. The van der Waals surface area contributed by atoms with Gasteiger partial charge in [0.25, 0.3) is 0 Å². The van der Waals surface area contributed by atoms with E-state index in [1.165, 1.54) is 7.11 Å². The Balaban J connectivity index is 2.06. The Kier molecular flexibility index (Phi) is 6.22. The number of carbonyl (C=O) groups excluding carboxylic acids is 2. The summed E-state index contributed by atoms with van der Waals surface area (Å²) in [5, 5.41) is 2.70. The summed E-state index contributed by atoms with van der Waals surface area (Å²) in [5.41, 5.74) is 6.63. The minimum atomic E-state index is -0.677. The maximum atomic E-state index is 11.8. The number of hydrogen-bond donors (Lipinski definition) is 3. The number of nitrogens with one attached hydrogen (secondary N) is 1. The number of nitrogens with two attached hydrogens (primary N) is 1. The molecule has 0 radical (unpaired) electrons. The van der Waals surface area contributed by atoms with Crippen LogP contribution in [0.5, 0.6) is 11.5 Å². The molecule has 0 bridgehead atoms. The Bertz CT molecular complexity index is 719. The molecule has 126 valence electrons. The lowest BCUT2D eigenvalue weighted by Gasteiger charge is -2.11. The number of amides is 1. The van der Waals surface area contributed by atoms with Gasteiger partial charge in [-0.05, 0) is 36.4 Å².